The maximum absolute atomic E-state index is 12.9. The summed E-state index contributed by atoms with van der Waals surface area (Å²) in [5, 5.41) is 0. The summed E-state index contributed by atoms with van der Waals surface area (Å²) in [5.41, 5.74) is 0. The Morgan fingerprint density at radius 3 is 0.866 bits per heavy atom. The lowest BCUT2D eigenvalue weighted by Gasteiger charge is -2.18. The largest absolute Gasteiger partial charge is 0.462 e. The number of hydrogen-bond donors (Lipinski definition) is 0. The molecule has 0 saturated carbocycles. The molecule has 0 bridgehead atoms. The zero-order valence-electron chi connectivity index (χ0n) is 44.4. The van der Waals surface area contributed by atoms with Gasteiger partial charge >= 0.3 is 17.9 Å². The van der Waals surface area contributed by atoms with Gasteiger partial charge in [0, 0.05) is 19.3 Å². The number of esters is 3. The second kappa shape index (κ2) is 55.7. The van der Waals surface area contributed by atoms with Gasteiger partial charge in [-0.25, -0.2) is 0 Å². The lowest BCUT2D eigenvalue weighted by Crippen LogP contribution is -2.30. The normalized spacial score (nSPS) is 12.5. The lowest BCUT2D eigenvalue weighted by molar-refractivity contribution is -0.167. The standard InChI is InChI=1S/C61H108O6/c1-4-7-10-13-16-19-22-25-28-30-33-36-39-42-45-48-51-54-60(63)66-57-58(56-65-59(62)53-50-47-44-41-38-35-32-27-24-21-18-15-12-9-6-3)67-61(64)55-52-49-46-43-40-37-34-31-29-26-23-20-17-14-11-8-5-2/h16-17,19-20,25-29,32,58H,4-15,18,21-24,30-31,33-57H2,1-3H3/b19-16-,20-17-,28-25-,29-26-,32-27-/t58-/m0/s1. The quantitative estimate of drug-likeness (QED) is 0.0262. The third-order valence-electron chi connectivity index (χ3n) is 12.5. The molecule has 0 radical (unpaired) electrons. The summed E-state index contributed by atoms with van der Waals surface area (Å²) in [6.45, 7) is 6.59. The van der Waals surface area contributed by atoms with Crippen molar-refractivity contribution in [3.63, 3.8) is 0 Å². The van der Waals surface area contributed by atoms with Gasteiger partial charge in [0.05, 0.1) is 0 Å². The molecule has 0 fully saturated rings. The van der Waals surface area contributed by atoms with Crippen molar-refractivity contribution in [3.05, 3.63) is 60.8 Å². The molecule has 67 heavy (non-hydrogen) atoms. The minimum Gasteiger partial charge on any atom is -0.462 e. The monoisotopic (exact) mass is 937 g/mol. The molecule has 0 heterocycles. The number of ether oxygens (including phenoxy) is 3. The molecule has 1 atom stereocenters. The van der Waals surface area contributed by atoms with Crippen molar-refractivity contribution in [2.75, 3.05) is 13.2 Å². The number of rotatable bonds is 52. The molecule has 6 nitrogen and oxygen atoms in total. The Balaban J connectivity index is 4.41. The van der Waals surface area contributed by atoms with E-state index in [9.17, 15) is 14.4 Å². The van der Waals surface area contributed by atoms with Crippen LogP contribution in [0.1, 0.15) is 290 Å². The van der Waals surface area contributed by atoms with Crippen molar-refractivity contribution in [2.45, 2.75) is 297 Å². The van der Waals surface area contributed by atoms with E-state index in [1.165, 1.54) is 161 Å². The molecule has 0 aromatic heterocycles. The van der Waals surface area contributed by atoms with Crippen LogP contribution in [0.3, 0.4) is 0 Å². The first-order valence-electron chi connectivity index (χ1n) is 28.8. The van der Waals surface area contributed by atoms with Crippen molar-refractivity contribution < 1.29 is 28.6 Å². The average Bonchev–Trinajstić information content (AvgIpc) is 3.33. The lowest BCUT2D eigenvalue weighted by atomic mass is 10.1. The molecule has 0 aliphatic heterocycles. The Morgan fingerprint density at radius 2 is 0.537 bits per heavy atom. The zero-order valence-corrected chi connectivity index (χ0v) is 44.4. The molecule has 0 aromatic rings. The van der Waals surface area contributed by atoms with Crippen molar-refractivity contribution in [2.24, 2.45) is 0 Å². The van der Waals surface area contributed by atoms with Crippen LogP contribution < -0.4 is 0 Å². The van der Waals surface area contributed by atoms with Gasteiger partial charge in [0.25, 0.3) is 0 Å². The van der Waals surface area contributed by atoms with Crippen molar-refractivity contribution >= 4 is 17.9 Å². The zero-order chi connectivity index (χ0) is 48.6. The summed E-state index contributed by atoms with van der Waals surface area (Å²) in [5.74, 6) is -0.897. The highest BCUT2D eigenvalue weighted by Crippen LogP contribution is 2.15. The first-order chi connectivity index (χ1) is 33.0. The van der Waals surface area contributed by atoms with Gasteiger partial charge < -0.3 is 14.2 Å². The van der Waals surface area contributed by atoms with Crippen LogP contribution in [0, 0.1) is 0 Å². The van der Waals surface area contributed by atoms with E-state index >= 15 is 0 Å². The predicted octanol–water partition coefficient (Wildman–Crippen LogP) is 19.2. The van der Waals surface area contributed by atoms with Gasteiger partial charge in [-0.15, -0.1) is 0 Å². The average molecular weight is 938 g/mol. The first kappa shape index (κ1) is 64.1. The fraction of sp³-hybridized carbons (Fsp3) is 0.787. The topological polar surface area (TPSA) is 78.9 Å². The molecule has 0 aliphatic carbocycles. The van der Waals surface area contributed by atoms with Crippen LogP contribution in [-0.4, -0.2) is 37.2 Å². The van der Waals surface area contributed by atoms with Crippen LogP contribution in [0.4, 0.5) is 0 Å². The summed E-state index contributed by atoms with van der Waals surface area (Å²) in [6.07, 6.45) is 69.1. The molecule has 0 N–H and O–H groups in total. The van der Waals surface area contributed by atoms with E-state index in [0.29, 0.717) is 19.3 Å². The Bertz CT molecular complexity index is 1210. The van der Waals surface area contributed by atoms with Crippen molar-refractivity contribution in [1.82, 2.24) is 0 Å². The molecule has 0 unspecified atom stereocenters. The molecule has 388 valence electrons. The third-order valence-corrected chi connectivity index (χ3v) is 12.5. The molecule has 0 aliphatic rings. The van der Waals surface area contributed by atoms with Gasteiger partial charge in [-0.3, -0.25) is 14.4 Å². The highest BCUT2D eigenvalue weighted by atomic mass is 16.6. The SMILES string of the molecule is CCCCC/C=C\C/C=C\CCCCCCCCCC(=O)OC[C@H](COC(=O)CCCCCCC/C=C\CCCCCCCC)OC(=O)CCCCCCCCC/C=C\C/C=C\CCCCC. The highest BCUT2D eigenvalue weighted by Gasteiger charge is 2.19. The van der Waals surface area contributed by atoms with Crippen LogP contribution in [-0.2, 0) is 28.6 Å². The number of allylic oxidation sites excluding steroid dienone is 10. The van der Waals surface area contributed by atoms with Gasteiger partial charge in [-0.1, -0.05) is 223 Å². The van der Waals surface area contributed by atoms with Gasteiger partial charge in [0.2, 0.25) is 0 Å². The minimum atomic E-state index is -0.785. The maximum Gasteiger partial charge on any atom is 0.306 e. The van der Waals surface area contributed by atoms with Crippen molar-refractivity contribution in [1.29, 1.82) is 0 Å². The molecule has 0 spiro atoms. The van der Waals surface area contributed by atoms with Crippen molar-refractivity contribution in [3.8, 4) is 0 Å². The minimum absolute atomic E-state index is 0.0834. The molecule has 0 aromatic carbocycles. The van der Waals surface area contributed by atoms with E-state index < -0.39 is 6.10 Å². The molecule has 0 rings (SSSR count). The summed E-state index contributed by atoms with van der Waals surface area (Å²) < 4.78 is 16.9. The Labute approximate surface area is 415 Å². The maximum atomic E-state index is 12.9. The van der Waals surface area contributed by atoms with Crippen LogP contribution in [0.15, 0.2) is 60.8 Å². The second-order valence-corrected chi connectivity index (χ2v) is 19.2. The Kier molecular flexibility index (Phi) is 53.3. The van der Waals surface area contributed by atoms with Crippen LogP contribution >= 0.6 is 0 Å². The molecule has 0 amide bonds. The summed E-state index contributed by atoms with van der Waals surface area (Å²) in [4.78, 5) is 38.2. The van der Waals surface area contributed by atoms with Gasteiger partial charge in [-0.2, -0.15) is 0 Å². The first-order valence-corrected chi connectivity index (χ1v) is 28.8. The van der Waals surface area contributed by atoms with Crippen LogP contribution in [0.5, 0.6) is 0 Å². The smallest absolute Gasteiger partial charge is 0.306 e. The predicted molar refractivity (Wildman–Crippen MR) is 288 cm³/mol. The number of hydrogen-bond acceptors (Lipinski definition) is 6. The summed E-state index contributed by atoms with van der Waals surface area (Å²) in [6, 6.07) is 0. The second-order valence-electron chi connectivity index (χ2n) is 19.2. The van der Waals surface area contributed by atoms with E-state index in [-0.39, 0.29) is 31.1 Å². The van der Waals surface area contributed by atoms with Gasteiger partial charge in [0.15, 0.2) is 6.10 Å². The van der Waals surface area contributed by atoms with E-state index in [1.807, 2.05) is 0 Å². The Hall–Kier alpha value is -2.89. The van der Waals surface area contributed by atoms with Gasteiger partial charge in [0.1, 0.15) is 13.2 Å². The van der Waals surface area contributed by atoms with E-state index in [1.54, 1.807) is 0 Å². The van der Waals surface area contributed by atoms with E-state index in [4.69, 9.17) is 14.2 Å². The number of carbonyl (C=O) groups excluding carboxylic acids is 3. The molecular weight excluding hydrogens is 829 g/mol. The van der Waals surface area contributed by atoms with Gasteiger partial charge in [-0.05, 0) is 109 Å². The van der Waals surface area contributed by atoms with Crippen LogP contribution in [0.25, 0.3) is 0 Å². The fourth-order valence-corrected chi connectivity index (χ4v) is 8.09. The highest BCUT2D eigenvalue weighted by molar-refractivity contribution is 5.71. The number of unbranched alkanes of at least 4 members (excludes halogenated alkanes) is 31. The van der Waals surface area contributed by atoms with E-state index in [0.717, 1.165) is 89.9 Å². The Morgan fingerprint density at radius 1 is 0.299 bits per heavy atom. The summed E-state index contributed by atoms with van der Waals surface area (Å²) >= 11 is 0. The summed E-state index contributed by atoms with van der Waals surface area (Å²) in [7, 11) is 0. The number of carbonyl (C=O) groups is 3. The van der Waals surface area contributed by atoms with Crippen LogP contribution in [0.2, 0.25) is 0 Å². The third kappa shape index (κ3) is 53.9. The molecule has 6 heteroatoms. The van der Waals surface area contributed by atoms with E-state index in [2.05, 4.69) is 81.5 Å². The molecular formula is C61H108O6. The fourth-order valence-electron chi connectivity index (χ4n) is 8.09. The molecule has 0 saturated heterocycles.